The minimum absolute atomic E-state index is 0.215. The molecule has 9 nitrogen and oxygen atoms in total. The van der Waals surface area contributed by atoms with Crippen LogP contribution in [-0.2, 0) is 17.8 Å². The Kier molecular flexibility index (Phi) is 6.25. The molecular weight excluding hydrogens is 494 g/mol. The summed E-state index contributed by atoms with van der Waals surface area (Å²) in [7, 11) is 0. The van der Waals surface area contributed by atoms with Gasteiger partial charge in [0.15, 0.2) is 0 Å². The van der Waals surface area contributed by atoms with Gasteiger partial charge in [0.05, 0.1) is 9.99 Å². The number of hydrogen-bond acceptors (Lipinski definition) is 6. The molecule has 0 fully saturated rings. The summed E-state index contributed by atoms with van der Waals surface area (Å²) < 4.78 is 23.0. The highest BCUT2D eigenvalue weighted by Crippen LogP contribution is 2.28. The molecule has 2 aromatic heterocycles. The number of rotatable bonds is 7. The number of H-pyrrole nitrogens is 1. The van der Waals surface area contributed by atoms with E-state index in [-0.39, 0.29) is 6.54 Å². The summed E-state index contributed by atoms with van der Waals surface area (Å²) in [6.45, 7) is 0.215. The summed E-state index contributed by atoms with van der Waals surface area (Å²) in [6.07, 6.45) is 1.63. The number of nitrogens with zero attached hydrogens (tertiary/aromatic N) is 3. The number of anilines is 4. The van der Waals surface area contributed by atoms with Crippen LogP contribution in [0.1, 0.15) is 5.56 Å². The highest BCUT2D eigenvalue weighted by atomic mass is 79.9. The van der Waals surface area contributed by atoms with E-state index in [1.165, 1.54) is 0 Å². The van der Waals surface area contributed by atoms with Gasteiger partial charge in [-0.15, -0.1) is 0 Å². The SMILES string of the molecule is O=S(O)NCc1ccccc1Nc1nc(Nc2ccc3c(Cl)[nH]nc3c2)ncc1Br. The number of aromatic nitrogens is 4. The number of aromatic amines is 1. The van der Waals surface area contributed by atoms with Crippen LogP contribution >= 0.6 is 27.5 Å². The van der Waals surface area contributed by atoms with Gasteiger partial charge < -0.3 is 10.6 Å². The Morgan fingerprint density at radius 2 is 2.03 bits per heavy atom. The van der Waals surface area contributed by atoms with Gasteiger partial charge >= 0.3 is 0 Å². The van der Waals surface area contributed by atoms with Crippen molar-refractivity contribution in [3.63, 3.8) is 0 Å². The van der Waals surface area contributed by atoms with Crippen molar-refractivity contribution in [2.24, 2.45) is 0 Å². The Labute approximate surface area is 187 Å². The van der Waals surface area contributed by atoms with Gasteiger partial charge in [-0.1, -0.05) is 29.8 Å². The predicted molar refractivity (Wildman–Crippen MR) is 121 cm³/mol. The van der Waals surface area contributed by atoms with Gasteiger partial charge in [-0.25, -0.2) is 13.9 Å². The zero-order chi connectivity index (χ0) is 21.1. The molecule has 0 aliphatic rings. The summed E-state index contributed by atoms with van der Waals surface area (Å²) in [5.74, 6) is 0.919. The molecular formula is C18H15BrClN7O2S. The van der Waals surface area contributed by atoms with E-state index in [0.717, 1.165) is 27.8 Å². The Morgan fingerprint density at radius 1 is 1.20 bits per heavy atom. The molecule has 2 aromatic carbocycles. The molecule has 5 N–H and O–H groups in total. The number of para-hydroxylation sites is 1. The van der Waals surface area contributed by atoms with E-state index in [2.05, 4.69) is 51.5 Å². The van der Waals surface area contributed by atoms with Crippen LogP contribution in [0.3, 0.4) is 0 Å². The number of hydrogen-bond donors (Lipinski definition) is 5. The van der Waals surface area contributed by atoms with Crippen LogP contribution in [0.2, 0.25) is 5.15 Å². The normalized spacial score (nSPS) is 12.1. The first-order chi connectivity index (χ1) is 14.5. The minimum Gasteiger partial charge on any atom is -0.339 e. The fourth-order valence-corrected chi connectivity index (χ4v) is 3.54. The highest BCUT2D eigenvalue weighted by Gasteiger charge is 2.10. The lowest BCUT2D eigenvalue weighted by Crippen LogP contribution is -2.16. The lowest BCUT2D eigenvalue weighted by atomic mass is 10.2. The van der Waals surface area contributed by atoms with Crippen molar-refractivity contribution in [2.45, 2.75) is 6.54 Å². The minimum atomic E-state index is -2.10. The van der Waals surface area contributed by atoms with Gasteiger partial charge in [-0.05, 0) is 45.8 Å². The van der Waals surface area contributed by atoms with Crippen LogP contribution in [0.25, 0.3) is 10.9 Å². The van der Waals surface area contributed by atoms with Gasteiger partial charge in [0, 0.05) is 29.5 Å². The average Bonchev–Trinajstić information content (AvgIpc) is 3.10. The Hall–Kier alpha value is -2.57. The molecule has 1 unspecified atom stereocenters. The first kappa shape index (κ1) is 20.7. The molecule has 1 atom stereocenters. The van der Waals surface area contributed by atoms with Crippen molar-refractivity contribution in [3.8, 4) is 0 Å². The van der Waals surface area contributed by atoms with Crippen molar-refractivity contribution < 1.29 is 8.76 Å². The smallest absolute Gasteiger partial charge is 0.232 e. The maximum atomic E-state index is 10.9. The van der Waals surface area contributed by atoms with Crippen molar-refractivity contribution in [3.05, 3.63) is 63.9 Å². The number of fused-ring (bicyclic) bond motifs is 1. The largest absolute Gasteiger partial charge is 0.339 e. The Bertz CT molecular complexity index is 1240. The number of nitrogens with one attached hydrogen (secondary N) is 4. The summed E-state index contributed by atoms with van der Waals surface area (Å²) in [5, 5.41) is 14.6. The first-order valence-corrected chi connectivity index (χ1v) is 10.9. The summed E-state index contributed by atoms with van der Waals surface area (Å²) >= 11 is 7.39. The molecule has 0 bridgehead atoms. The maximum absolute atomic E-state index is 10.9. The molecule has 0 saturated carbocycles. The van der Waals surface area contributed by atoms with Crippen LogP contribution in [0.15, 0.2) is 53.1 Å². The van der Waals surface area contributed by atoms with Crippen molar-refractivity contribution in [2.75, 3.05) is 10.6 Å². The monoisotopic (exact) mass is 507 g/mol. The molecule has 0 aliphatic carbocycles. The lowest BCUT2D eigenvalue weighted by Gasteiger charge is -2.13. The van der Waals surface area contributed by atoms with Crippen LogP contribution in [0.4, 0.5) is 23.1 Å². The fourth-order valence-electron chi connectivity index (χ4n) is 2.76. The van der Waals surface area contributed by atoms with Crippen LogP contribution < -0.4 is 15.4 Å². The molecule has 0 aliphatic heterocycles. The second-order valence-corrected chi connectivity index (χ2v) is 8.16. The molecule has 12 heteroatoms. The lowest BCUT2D eigenvalue weighted by molar-refractivity contribution is 0.549. The van der Waals surface area contributed by atoms with E-state index in [9.17, 15) is 4.21 Å². The molecule has 0 amide bonds. The Balaban J connectivity index is 1.57. The van der Waals surface area contributed by atoms with Crippen LogP contribution in [0.5, 0.6) is 0 Å². The average molecular weight is 509 g/mol. The third-order valence-corrected chi connectivity index (χ3v) is 5.43. The molecule has 4 aromatic rings. The molecule has 0 radical (unpaired) electrons. The summed E-state index contributed by atoms with van der Waals surface area (Å²) in [5.41, 5.74) is 3.03. The van der Waals surface area contributed by atoms with E-state index in [1.807, 2.05) is 42.5 Å². The zero-order valence-electron chi connectivity index (χ0n) is 15.2. The van der Waals surface area contributed by atoms with Crippen molar-refractivity contribution in [1.29, 1.82) is 0 Å². The quantitative estimate of drug-likeness (QED) is 0.233. The van der Waals surface area contributed by atoms with Crippen molar-refractivity contribution >= 4 is 72.8 Å². The third kappa shape index (κ3) is 4.77. The topological polar surface area (TPSA) is 128 Å². The van der Waals surface area contributed by atoms with Gasteiger partial charge in [0.1, 0.15) is 11.0 Å². The van der Waals surface area contributed by atoms with E-state index in [0.29, 0.717) is 21.4 Å². The molecule has 2 heterocycles. The van der Waals surface area contributed by atoms with E-state index >= 15 is 0 Å². The standard InChI is InChI=1S/C18H15BrClN7O2S/c19-13-9-21-18(23-11-5-6-12-15(7-11)26-27-16(12)20)25-17(13)24-14-4-2-1-3-10(14)8-22-30(28)29/h1-7,9,22H,8H2,(H,26,27)(H,28,29)(H2,21,23,24,25). The summed E-state index contributed by atoms with van der Waals surface area (Å²) in [6, 6.07) is 13.0. The molecule has 0 spiro atoms. The van der Waals surface area contributed by atoms with E-state index in [1.54, 1.807) is 6.20 Å². The van der Waals surface area contributed by atoms with E-state index < -0.39 is 11.3 Å². The zero-order valence-corrected chi connectivity index (χ0v) is 18.3. The maximum Gasteiger partial charge on any atom is 0.232 e. The molecule has 30 heavy (non-hydrogen) atoms. The van der Waals surface area contributed by atoms with Crippen LogP contribution in [0, 0.1) is 0 Å². The van der Waals surface area contributed by atoms with Gasteiger partial charge in [-0.2, -0.15) is 10.1 Å². The van der Waals surface area contributed by atoms with Gasteiger partial charge in [0.2, 0.25) is 17.2 Å². The second kappa shape index (κ2) is 9.06. The molecule has 4 rings (SSSR count). The highest BCUT2D eigenvalue weighted by molar-refractivity contribution is 9.10. The summed E-state index contributed by atoms with van der Waals surface area (Å²) in [4.78, 5) is 8.81. The number of halogens is 2. The number of benzene rings is 2. The molecule has 0 saturated heterocycles. The second-order valence-electron chi connectivity index (χ2n) is 6.14. The van der Waals surface area contributed by atoms with Crippen molar-refractivity contribution in [1.82, 2.24) is 24.9 Å². The van der Waals surface area contributed by atoms with Gasteiger partial charge in [0.25, 0.3) is 0 Å². The predicted octanol–water partition coefficient (Wildman–Crippen LogP) is 4.48. The van der Waals surface area contributed by atoms with Gasteiger partial charge in [-0.3, -0.25) is 9.65 Å². The van der Waals surface area contributed by atoms with Crippen LogP contribution in [-0.4, -0.2) is 28.9 Å². The molecule has 154 valence electrons. The first-order valence-electron chi connectivity index (χ1n) is 8.62. The van der Waals surface area contributed by atoms with E-state index in [4.69, 9.17) is 16.2 Å². The Morgan fingerprint density at radius 3 is 2.87 bits per heavy atom. The third-order valence-electron chi connectivity index (χ3n) is 4.17. The fraction of sp³-hybridized carbons (Fsp3) is 0.0556.